The predicted octanol–water partition coefficient (Wildman–Crippen LogP) is 1.48. The first-order chi connectivity index (χ1) is 6.97. The van der Waals surface area contributed by atoms with Gasteiger partial charge in [-0.1, -0.05) is 11.3 Å². The average molecular weight is 237 g/mol. The summed E-state index contributed by atoms with van der Waals surface area (Å²) in [5.74, 6) is 0.177. The Hall–Kier alpha value is -0.950. The minimum atomic E-state index is -2.62. The third kappa shape index (κ3) is 2.54. The quantitative estimate of drug-likeness (QED) is 0.861. The highest BCUT2D eigenvalue weighted by Gasteiger charge is 2.25. The summed E-state index contributed by atoms with van der Waals surface area (Å²) >= 11 is 1.11. The molecule has 0 spiro atoms. The molecular weight excluding hydrogens is 224 g/mol. The number of anilines is 1. The Bertz CT molecular complexity index is 330. The first-order valence-electron chi connectivity index (χ1n) is 4.23. The van der Waals surface area contributed by atoms with Crippen LogP contribution >= 0.6 is 11.3 Å². The van der Waals surface area contributed by atoms with E-state index in [9.17, 15) is 8.78 Å². The van der Waals surface area contributed by atoms with Crippen molar-refractivity contribution in [3.63, 3.8) is 0 Å². The Morgan fingerprint density at radius 1 is 1.47 bits per heavy atom. The molecule has 0 fully saturated rings. The van der Waals surface area contributed by atoms with Gasteiger partial charge in [-0.15, -0.1) is 0 Å². The van der Waals surface area contributed by atoms with Gasteiger partial charge >= 0.3 is 0 Å². The van der Waals surface area contributed by atoms with Gasteiger partial charge in [-0.2, -0.15) is 4.98 Å². The van der Waals surface area contributed by atoms with Crippen LogP contribution in [0.25, 0.3) is 0 Å². The maximum atomic E-state index is 12.4. The Labute approximate surface area is 90.7 Å². The summed E-state index contributed by atoms with van der Waals surface area (Å²) in [5, 5.41) is 0.595. The lowest BCUT2D eigenvalue weighted by molar-refractivity contribution is 0.116. The molecule has 0 amide bonds. The van der Waals surface area contributed by atoms with Crippen molar-refractivity contribution in [1.29, 1.82) is 0 Å². The van der Waals surface area contributed by atoms with Crippen LogP contribution in [0.2, 0.25) is 0 Å². The summed E-state index contributed by atoms with van der Waals surface area (Å²) < 4.78 is 29.8. The van der Waals surface area contributed by atoms with Crippen LogP contribution in [0.5, 0.6) is 5.88 Å². The van der Waals surface area contributed by atoms with Crippen molar-refractivity contribution < 1.29 is 13.5 Å². The van der Waals surface area contributed by atoms with Crippen LogP contribution in [0.1, 0.15) is 10.9 Å². The van der Waals surface area contributed by atoms with E-state index in [1.54, 1.807) is 19.0 Å². The molecule has 1 rings (SSSR count). The zero-order valence-electron chi connectivity index (χ0n) is 8.70. The summed E-state index contributed by atoms with van der Waals surface area (Å²) in [6.45, 7) is 0. The van der Waals surface area contributed by atoms with Gasteiger partial charge in [0.15, 0.2) is 5.13 Å². The van der Waals surface area contributed by atoms with Gasteiger partial charge in [-0.3, -0.25) is 0 Å². The van der Waals surface area contributed by atoms with Crippen molar-refractivity contribution in [2.75, 3.05) is 26.1 Å². The van der Waals surface area contributed by atoms with Crippen molar-refractivity contribution in [2.24, 2.45) is 5.73 Å². The smallest absolute Gasteiger partial charge is 0.258 e. The number of hydrogen-bond acceptors (Lipinski definition) is 5. The lowest BCUT2D eigenvalue weighted by Gasteiger charge is -2.08. The summed E-state index contributed by atoms with van der Waals surface area (Å²) in [6.07, 6.45) is -2.62. The van der Waals surface area contributed by atoms with E-state index in [1.165, 1.54) is 7.11 Å². The molecule has 0 aromatic carbocycles. The predicted molar refractivity (Wildman–Crippen MR) is 55.9 cm³/mol. The maximum Gasteiger partial charge on any atom is 0.258 e. The summed E-state index contributed by atoms with van der Waals surface area (Å²) in [4.78, 5) is 6.03. The molecular formula is C8H13F2N3OS. The molecule has 0 aliphatic rings. The van der Waals surface area contributed by atoms with Gasteiger partial charge in [0.1, 0.15) is 6.04 Å². The van der Waals surface area contributed by atoms with Crippen LogP contribution in [-0.2, 0) is 0 Å². The summed E-state index contributed by atoms with van der Waals surface area (Å²) in [7, 11) is 4.93. The number of nitrogens with two attached hydrogens (primary N) is 1. The number of rotatable bonds is 4. The molecule has 1 aromatic rings. The normalized spacial score (nSPS) is 13.0. The third-order valence-corrected chi connectivity index (χ3v) is 3.07. The Morgan fingerprint density at radius 3 is 2.47 bits per heavy atom. The molecule has 1 heterocycles. The van der Waals surface area contributed by atoms with Gasteiger partial charge < -0.3 is 15.4 Å². The molecule has 0 bridgehead atoms. The molecule has 0 aliphatic carbocycles. The molecule has 86 valence electrons. The first-order valence-corrected chi connectivity index (χ1v) is 5.04. The van der Waals surface area contributed by atoms with Crippen molar-refractivity contribution in [2.45, 2.75) is 12.5 Å². The molecule has 0 saturated heterocycles. The van der Waals surface area contributed by atoms with Crippen molar-refractivity contribution >= 4 is 16.5 Å². The molecule has 0 radical (unpaired) electrons. The van der Waals surface area contributed by atoms with E-state index in [4.69, 9.17) is 10.5 Å². The molecule has 7 heteroatoms. The summed E-state index contributed by atoms with van der Waals surface area (Å²) in [6, 6.07) is -1.34. The third-order valence-electron chi connectivity index (χ3n) is 1.76. The number of thiazole rings is 1. The number of aromatic nitrogens is 1. The van der Waals surface area contributed by atoms with E-state index >= 15 is 0 Å². The fourth-order valence-corrected chi connectivity index (χ4v) is 1.93. The largest absolute Gasteiger partial charge is 0.480 e. The second kappa shape index (κ2) is 4.71. The van der Waals surface area contributed by atoms with E-state index in [0.717, 1.165) is 11.3 Å². The van der Waals surface area contributed by atoms with E-state index in [-0.39, 0.29) is 10.8 Å². The van der Waals surface area contributed by atoms with Gasteiger partial charge in [0, 0.05) is 14.1 Å². The van der Waals surface area contributed by atoms with Gasteiger partial charge in [0.05, 0.1) is 12.0 Å². The highest BCUT2D eigenvalue weighted by molar-refractivity contribution is 7.16. The Kier molecular flexibility index (Phi) is 3.81. The zero-order valence-corrected chi connectivity index (χ0v) is 9.52. The minimum absolute atomic E-state index is 0.177. The first kappa shape index (κ1) is 12.1. The second-order valence-electron chi connectivity index (χ2n) is 3.12. The SMILES string of the molecule is COc1nc(N(C)C)sc1C(N)C(F)F. The monoisotopic (exact) mass is 237 g/mol. The van der Waals surface area contributed by atoms with Gasteiger partial charge in [-0.05, 0) is 0 Å². The number of ether oxygens (including phenoxy) is 1. The van der Waals surface area contributed by atoms with Crippen LogP contribution in [0, 0.1) is 0 Å². The van der Waals surface area contributed by atoms with Crippen LogP contribution in [0.3, 0.4) is 0 Å². The van der Waals surface area contributed by atoms with E-state index in [2.05, 4.69) is 4.98 Å². The van der Waals surface area contributed by atoms with Crippen LogP contribution in [0.15, 0.2) is 0 Å². The molecule has 15 heavy (non-hydrogen) atoms. The van der Waals surface area contributed by atoms with Crippen LogP contribution in [0.4, 0.5) is 13.9 Å². The number of halogens is 2. The number of hydrogen-bond donors (Lipinski definition) is 1. The molecule has 0 saturated carbocycles. The Morgan fingerprint density at radius 2 is 2.07 bits per heavy atom. The second-order valence-corrected chi connectivity index (χ2v) is 4.13. The van der Waals surface area contributed by atoms with Crippen LogP contribution < -0.4 is 15.4 Å². The topological polar surface area (TPSA) is 51.4 Å². The molecule has 4 nitrogen and oxygen atoms in total. The standard InChI is InChI=1S/C8H13F2N3OS/c1-13(2)8-12-7(14-3)5(15-8)4(11)6(9)10/h4,6H,11H2,1-3H3. The number of nitrogens with zero attached hydrogens (tertiary/aromatic N) is 2. The highest BCUT2D eigenvalue weighted by atomic mass is 32.1. The highest BCUT2D eigenvalue weighted by Crippen LogP contribution is 2.36. The van der Waals surface area contributed by atoms with Crippen molar-refractivity contribution in [3.8, 4) is 5.88 Å². The lowest BCUT2D eigenvalue weighted by Crippen LogP contribution is -2.18. The minimum Gasteiger partial charge on any atom is -0.480 e. The maximum absolute atomic E-state index is 12.4. The number of alkyl halides is 2. The molecule has 2 N–H and O–H groups in total. The van der Waals surface area contributed by atoms with Gasteiger partial charge in [0.2, 0.25) is 5.88 Å². The van der Waals surface area contributed by atoms with E-state index in [1.807, 2.05) is 0 Å². The molecule has 1 unspecified atom stereocenters. The number of methoxy groups -OCH3 is 1. The molecule has 1 aromatic heterocycles. The molecule has 1 atom stereocenters. The van der Waals surface area contributed by atoms with E-state index < -0.39 is 12.5 Å². The fourth-order valence-electron chi connectivity index (χ4n) is 0.969. The summed E-state index contributed by atoms with van der Waals surface area (Å²) in [5.41, 5.74) is 5.35. The zero-order chi connectivity index (χ0) is 11.6. The average Bonchev–Trinajstić information content (AvgIpc) is 2.59. The van der Waals surface area contributed by atoms with E-state index in [0.29, 0.717) is 5.13 Å². The van der Waals surface area contributed by atoms with Gasteiger partial charge in [0.25, 0.3) is 6.43 Å². The Balaban J connectivity index is 3.05. The van der Waals surface area contributed by atoms with Crippen LogP contribution in [-0.4, -0.2) is 32.6 Å². The van der Waals surface area contributed by atoms with Crippen molar-refractivity contribution in [3.05, 3.63) is 4.88 Å². The lowest BCUT2D eigenvalue weighted by atomic mass is 10.3. The van der Waals surface area contributed by atoms with Crippen molar-refractivity contribution in [1.82, 2.24) is 4.98 Å². The molecule has 0 aliphatic heterocycles. The fraction of sp³-hybridized carbons (Fsp3) is 0.625. The van der Waals surface area contributed by atoms with Gasteiger partial charge in [-0.25, -0.2) is 8.78 Å².